The van der Waals surface area contributed by atoms with E-state index in [4.69, 9.17) is 14.2 Å². The Morgan fingerprint density at radius 2 is 1.78 bits per heavy atom. The molecule has 5 heterocycles. The van der Waals surface area contributed by atoms with Crippen LogP contribution in [-0.2, 0) is 64.7 Å². The van der Waals surface area contributed by atoms with Crippen molar-refractivity contribution in [1.82, 2.24) is 39.8 Å². The predicted octanol–water partition coefficient (Wildman–Crippen LogP) is 5.31. The number of fused-ring (bicyclic) bond motifs is 6. The van der Waals surface area contributed by atoms with Crippen molar-refractivity contribution in [2.24, 2.45) is 11.3 Å². The predicted molar refractivity (Wildman–Crippen MR) is 276 cm³/mol. The number of phenolic OH excluding ortho intramolecular Hbond substituents is 1. The van der Waals surface area contributed by atoms with E-state index in [1.165, 1.54) is 24.0 Å². The number of nitrogens with one attached hydrogen (secondary N) is 3. The molecule has 0 aliphatic carbocycles. The lowest BCUT2D eigenvalue weighted by molar-refractivity contribution is -0.155. The van der Waals surface area contributed by atoms with E-state index < -0.39 is 81.1 Å². The quantitative estimate of drug-likeness (QED) is 0.0819. The minimum absolute atomic E-state index is 0.0487. The zero-order chi connectivity index (χ0) is 52.5. The van der Waals surface area contributed by atoms with Crippen molar-refractivity contribution in [3.8, 4) is 33.9 Å². The summed E-state index contributed by atoms with van der Waals surface area (Å²) in [5.41, 5.74) is 10.2. The van der Waals surface area contributed by atoms with Crippen molar-refractivity contribution in [3.05, 3.63) is 101 Å². The number of aromatic hydroxyl groups is 1. The first kappa shape index (κ1) is 52.9. The number of hydrogen-bond donors (Lipinski definition) is 4. The third-order valence-electron chi connectivity index (χ3n) is 14.1. The van der Waals surface area contributed by atoms with E-state index in [9.17, 15) is 32.7 Å². The molecule has 2 aromatic heterocycles. The van der Waals surface area contributed by atoms with E-state index >= 15 is 0 Å². The van der Waals surface area contributed by atoms with E-state index in [-0.39, 0.29) is 25.3 Å². The van der Waals surface area contributed by atoms with E-state index in [0.717, 1.165) is 48.7 Å². The maximum absolute atomic E-state index is 14.8. The molecule has 0 unspecified atom stereocenters. The van der Waals surface area contributed by atoms with Gasteiger partial charge in [-0.2, -0.15) is 4.31 Å². The highest BCUT2D eigenvalue weighted by Crippen LogP contribution is 2.42. The molecule has 390 valence electrons. The highest BCUT2D eigenvalue weighted by atomic mass is 32.2. The van der Waals surface area contributed by atoms with Crippen LogP contribution in [0, 0.1) is 11.3 Å². The first-order chi connectivity index (χ1) is 34.7. The number of cyclic esters (lactones) is 1. The van der Waals surface area contributed by atoms with E-state index in [1.54, 1.807) is 70.7 Å². The summed E-state index contributed by atoms with van der Waals surface area (Å²) in [6.45, 7) is 10.5. The number of phenols is 1. The van der Waals surface area contributed by atoms with Gasteiger partial charge in [0.25, 0.3) is 5.91 Å². The molecule has 0 radical (unpaired) electrons. The van der Waals surface area contributed by atoms with Crippen molar-refractivity contribution >= 4 is 44.6 Å². The minimum Gasteiger partial charge on any atom is -0.508 e. The first-order valence-electron chi connectivity index (χ1n) is 24.8. The molecule has 4 N–H and O–H groups in total. The van der Waals surface area contributed by atoms with Gasteiger partial charge in [0.15, 0.2) is 0 Å². The van der Waals surface area contributed by atoms with Crippen LogP contribution in [0.5, 0.6) is 11.5 Å². The zero-order valence-corrected chi connectivity index (χ0v) is 43.9. The van der Waals surface area contributed by atoms with Crippen LogP contribution < -0.4 is 20.8 Å². The number of benzene rings is 3. The normalized spacial score (nSPS) is 20.6. The highest BCUT2D eigenvalue weighted by Gasteiger charge is 2.50. The minimum atomic E-state index is -4.00. The smallest absolute Gasteiger partial charge is 0.324 e. The second-order valence-corrected chi connectivity index (χ2v) is 22.7. The second kappa shape index (κ2) is 21.6. The summed E-state index contributed by atoms with van der Waals surface area (Å²) < 4.78 is 47.6. The summed E-state index contributed by atoms with van der Waals surface area (Å²) in [5, 5.41) is 18.7. The Balaban J connectivity index is 1.12. The molecule has 3 aliphatic rings. The lowest BCUT2D eigenvalue weighted by Gasteiger charge is -2.37. The summed E-state index contributed by atoms with van der Waals surface area (Å²) in [6.07, 6.45) is 4.93. The monoisotopic (exact) mass is 1020 g/mol. The average molecular weight is 1020 g/mol. The van der Waals surface area contributed by atoms with Crippen molar-refractivity contribution in [1.29, 1.82) is 0 Å². The number of hydrazine groups is 1. The van der Waals surface area contributed by atoms with Crippen molar-refractivity contribution in [3.63, 3.8) is 0 Å². The number of aryl methyl sites for hydroxylation is 1. The maximum Gasteiger partial charge on any atom is 0.324 e. The summed E-state index contributed by atoms with van der Waals surface area (Å²) in [6, 6.07) is 16.6. The van der Waals surface area contributed by atoms with Gasteiger partial charge in [0.05, 0.1) is 38.6 Å². The van der Waals surface area contributed by atoms with Crippen LogP contribution >= 0.6 is 0 Å². The van der Waals surface area contributed by atoms with Crippen LogP contribution in [0.4, 0.5) is 0 Å². The van der Waals surface area contributed by atoms with Gasteiger partial charge in [0, 0.05) is 75.0 Å². The van der Waals surface area contributed by atoms with Crippen molar-refractivity contribution in [2.75, 3.05) is 48.0 Å². The Kier molecular flexibility index (Phi) is 15.7. The Labute approximate surface area is 427 Å². The number of esters is 1. The number of carbonyl (C=O) groups is 4. The number of carbonyl (C=O) groups excluding carboxylic acids is 4. The summed E-state index contributed by atoms with van der Waals surface area (Å²) in [7, 11) is 1.97. The van der Waals surface area contributed by atoms with Crippen LogP contribution in [0.1, 0.15) is 75.8 Å². The Bertz CT molecular complexity index is 2990. The van der Waals surface area contributed by atoms with Crippen LogP contribution in [-0.4, -0.2) is 132 Å². The standard InChI is InChI=1S/C54H68N8O10S/c1-10-61-45-18-15-35-26-40(45)41(49(61)42-28-55-20-19-36(42)30-70-8)27-54(4,5)31-72-53(67)43-12-11-21-62(58-43)52(66)44(24-33-22-37(35)25-38(63)23-33)56-50(65)48(32(2)3)60(7)46(64)29-59(6)73(68,69)51-47(57-51)34-13-16-39(71-9)17-14-34/h13-20,22-23,25-26,28,32,43-44,47-48,51,57-58,63H,10-12,21,24,27,29-31H2,1-9H3,(H,56,65)/t43-,44-,47-,48-,51-/m0/s1. The molecule has 6 bridgehead atoms. The van der Waals surface area contributed by atoms with Crippen LogP contribution in [0.15, 0.2) is 79.1 Å². The van der Waals surface area contributed by atoms with Gasteiger partial charge in [0.2, 0.25) is 21.8 Å². The fourth-order valence-electron chi connectivity index (χ4n) is 10.3. The molecule has 3 aliphatic heterocycles. The molecule has 0 spiro atoms. The number of sulfonamides is 1. The number of amides is 3. The Morgan fingerprint density at radius 1 is 1.03 bits per heavy atom. The van der Waals surface area contributed by atoms with Gasteiger partial charge in [-0.05, 0) is 108 Å². The van der Waals surface area contributed by atoms with Crippen LogP contribution in [0.2, 0.25) is 0 Å². The van der Waals surface area contributed by atoms with Gasteiger partial charge in [-0.25, -0.2) is 13.8 Å². The molecule has 5 aromatic rings. The fraction of sp³-hybridized carbons (Fsp3) is 0.463. The number of nitrogens with zero attached hydrogens (tertiary/aromatic N) is 5. The molecule has 5 atom stereocenters. The fourth-order valence-corrected chi connectivity index (χ4v) is 11.8. The molecule has 73 heavy (non-hydrogen) atoms. The largest absolute Gasteiger partial charge is 0.508 e. The van der Waals surface area contributed by atoms with E-state index in [2.05, 4.69) is 58.5 Å². The third-order valence-corrected chi connectivity index (χ3v) is 16.2. The number of methoxy groups -OCH3 is 2. The van der Waals surface area contributed by atoms with E-state index in [0.29, 0.717) is 49.3 Å². The number of rotatable bonds is 14. The molecule has 19 heteroatoms. The molecule has 3 aromatic carbocycles. The molecular formula is C54H68N8O10S. The number of ether oxygens (including phenoxy) is 3. The van der Waals surface area contributed by atoms with E-state index in [1.807, 2.05) is 24.4 Å². The zero-order valence-electron chi connectivity index (χ0n) is 43.1. The van der Waals surface area contributed by atoms with Gasteiger partial charge in [-0.1, -0.05) is 52.0 Å². The van der Waals surface area contributed by atoms with Crippen molar-refractivity contribution in [2.45, 2.75) is 103 Å². The summed E-state index contributed by atoms with van der Waals surface area (Å²) in [4.78, 5) is 63.1. The average Bonchev–Trinajstić information content (AvgIpc) is 4.13. The van der Waals surface area contributed by atoms with Gasteiger partial charge in [-0.3, -0.25) is 34.5 Å². The van der Waals surface area contributed by atoms with Crippen molar-refractivity contribution < 1.29 is 46.9 Å². The topological polar surface area (TPSA) is 224 Å². The molecule has 2 fully saturated rings. The SMILES string of the molecule is CCn1c(-c2cnccc2COC)c2c3cc(ccc31)-c1cc(O)cc(c1)C[C@H](NC(=O)[C@H](C(C)C)N(C)C(=O)CN(C)S(=O)(=O)[C@@H]1N[C@H]1c1ccc(OC)cc1)C(=O)N1CCC[C@H](N1)C(=O)OCC(C)(C)C2. The lowest BCUT2D eigenvalue weighted by atomic mass is 9.84. The molecule has 2 saturated heterocycles. The van der Waals surface area contributed by atoms with Gasteiger partial charge in [-0.15, -0.1) is 0 Å². The molecular weight excluding hydrogens is 953 g/mol. The summed E-state index contributed by atoms with van der Waals surface area (Å²) >= 11 is 0. The maximum atomic E-state index is 14.8. The third kappa shape index (κ3) is 11.3. The summed E-state index contributed by atoms with van der Waals surface area (Å²) in [5.74, 6) is -2.22. The Hall–Kier alpha value is -6.38. The van der Waals surface area contributed by atoms with Crippen LogP contribution in [0.25, 0.3) is 33.3 Å². The lowest BCUT2D eigenvalue weighted by Crippen LogP contribution is -2.62. The molecule has 0 saturated carbocycles. The number of hydrogen-bond acceptors (Lipinski definition) is 13. The Morgan fingerprint density at radius 3 is 2.48 bits per heavy atom. The van der Waals surface area contributed by atoms with Gasteiger partial charge >= 0.3 is 5.97 Å². The number of aromatic nitrogens is 2. The number of likely N-dealkylation sites (N-methyl/N-ethyl adjacent to an activating group) is 2. The number of pyridine rings is 1. The van der Waals surface area contributed by atoms with Crippen LogP contribution in [0.3, 0.4) is 0 Å². The molecule has 18 nitrogen and oxygen atoms in total. The molecule has 3 amide bonds. The first-order valence-corrected chi connectivity index (χ1v) is 26.3. The van der Waals surface area contributed by atoms with Gasteiger partial charge < -0.3 is 34.1 Å². The van der Waals surface area contributed by atoms with Gasteiger partial charge in [0.1, 0.15) is 35.0 Å². The second-order valence-electron chi connectivity index (χ2n) is 20.5. The highest BCUT2D eigenvalue weighted by molar-refractivity contribution is 7.90. The molecule has 8 rings (SSSR count).